The lowest BCUT2D eigenvalue weighted by atomic mass is 10.0. The van der Waals surface area contributed by atoms with Crippen LogP contribution in [0, 0.1) is 18.2 Å². The third-order valence-electron chi connectivity index (χ3n) is 2.29. The molecular weight excluding hydrogens is 223 g/mol. The largest absolute Gasteiger partial charge is 0.207 e. The normalized spacial score (nSPS) is 9.81. The second-order valence-corrected chi connectivity index (χ2v) is 3.75. The first-order valence-electron chi connectivity index (χ1n) is 4.73. The van der Waals surface area contributed by atoms with Crippen molar-refractivity contribution in [1.29, 1.82) is 0 Å². The minimum absolute atomic E-state index is 0.339. The van der Waals surface area contributed by atoms with Gasteiger partial charge in [-0.05, 0) is 35.9 Å². The lowest BCUT2D eigenvalue weighted by molar-refractivity contribution is 0.628. The van der Waals surface area contributed by atoms with E-state index in [0.29, 0.717) is 5.02 Å². The molecule has 78 valence electrons. The maximum atomic E-state index is 12.9. The Labute approximate surface area is 98.7 Å². The molecule has 0 N–H and O–H groups in total. The monoisotopic (exact) mass is 230 g/mol. The number of rotatable bonds is 1. The number of benzene rings is 2. The van der Waals surface area contributed by atoms with E-state index >= 15 is 0 Å². The van der Waals surface area contributed by atoms with Crippen LogP contribution in [-0.2, 0) is 0 Å². The number of terminal acetylenes is 1. The van der Waals surface area contributed by atoms with E-state index in [1.165, 1.54) is 12.1 Å². The second-order valence-electron chi connectivity index (χ2n) is 3.35. The minimum atomic E-state index is -0.339. The highest BCUT2D eigenvalue weighted by Gasteiger charge is 2.04. The van der Waals surface area contributed by atoms with Crippen LogP contribution in [0.3, 0.4) is 0 Å². The summed E-state index contributed by atoms with van der Waals surface area (Å²) >= 11 is 5.96. The molecule has 0 bridgehead atoms. The van der Waals surface area contributed by atoms with Crippen molar-refractivity contribution in [3.63, 3.8) is 0 Å². The number of hydrogen-bond donors (Lipinski definition) is 0. The molecule has 16 heavy (non-hydrogen) atoms. The summed E-state index contributed by atoms with van der Waals surface area (Å²) in [6.45, 7) is 0. The maximum Gasteiger partial charge on any atom is 0.124 e. The lowest BCUT2D eigenvalue weighted by Gasteiger charge is -2.04. The third kappa shape index (κ3) is 2.08. The first kappa shape index (κ1) is 10.7. The van der Waals surface area contributed by atoms with E-state index in [1.54, 1.807) is 6.07 Å². The first-order chi connectivity index (χ1) is 7.70. The molecule has 2 heteroatoms. The van der Waals surface area contributed by atoms with Crippen LogP contribution >= 0.6 is 11.6 Å². The van der Waals surface area contributed by atoms with Crippen molar-refractivity contribution in [2.75, 3.05) is 0 Å². The first-order valence-corrected chi connectivity index (χ1v) is 5.10. The van der Waals surface area contributed by atoms with E-state index in [0.717, 1.165) is 16.7 Å². The molecule has 0 aliphatic rings. The highest BCUT2D eigenvalue weighted by atomic mass is 35.5. The summed E-state index contributed by atoms with van der Waals surface area (Å²) in [4.78, 5) is 0. The summed E-state index contributed by atoms with van der Waals surface area (Å²) in [6, 6.07) is 11.7. The van der Waals surface area contributed by atoms with Crippen LogP contribution in [0.5, 0.6) is 0 Å². The zero-order valence-electron chi connectivity index (χ0n) is 8.37. The molecule has 0 heterocycles. The molecule has 0 nitrogen and oxygen atoms in total. The van der Waals surface area contributed by atoms with Crippen LogP contribution in [0.2, 0.25) is 5.02 Å². The van der Waals surface area contributed by atoms with E-state index in [2.05, 4.69) is 5.92 Å². The topological polar surface area (TPSA) is 0 Å². The lowest BCUT2D eigenvalue weighted by Crippen LogP contribution is -1.82. The fourth-order valence-electron chi connectivity index (χ4n) is 1.47. The fraction of sp³-hybridized carbons (Fsp3) is 0. The quantitative estimate of drug-likeness (QED) is 0.647. The molecule has 0 aliphatic carbocycles. The van der Waals surface area contributed by atoms with Gasteiger partial charge in [-0.15, -0.1) is 6.42 Å². The standard InChI is InChI=1S/C14H8ClF/c1-2-10-3-5-11(6-4-10)13-8-7-12(16)9-14(13)15/h1,3-9H. The predicted octanol–water partition coefficient (Wildman–Crippen LogP) is 4.13. The molecule has 0 aliphatic heterocycles. The predicted molar refractivity (Wildman–Crippen MR) is 64.8 cm³/mol. The Morgan fingerprint density at radius 2 is 1.75 bits per heavy atom. The van der Waals surface area contributed by atoms with E-state index < -0.39 is 0 Å². The smallest absolute Gasteiger partial charge is 0.124 e. The molecule has 0 spiro atoms. The molecule has 0 amide bonds. The summed E-state index contributed by atoms with van der Waals surface area (Å²) in [5, 5.41) is 0.397. The molecule has 2 rings (SSSR count). The molecule has 0 aromatic heterocycles. The van der Waals surface area contributed by atoms with Crippen molar-refractivity contribution in [3.8, 4) is 23.5 Å². The molecule has 0 saturated carbocycles. The van der Waals surface area contributed by atoms with E-state index in [-0.39, 0.29) is 5.82 Å². The SMILES string of the molecule is C#Cc1ccc(-c2ccc(F)cc2Cl)cc1. The van der Waals surface area contributed by atoms with Crippen molar-refractivity contribution in [2.45, 2.75) is 0 Å². The van der Waals surface area contributed by atoms with Gasteiger partial charge in [0.15, 0.2) is 0 Å². The van der Waals surface area contributed by atoms with Gasteiger partial charge in [0.1, 0.15) is 5.82 Å². The molecule has 0 fully saturated rings. The average Bonchev–Trinajstić information content (AvgIpc) is 2.29. The molecular formula is C14H8ClF. The molecule has 0 atom stereocenters. The Balaban J connectivity index is 2.47. The maximum absolute atomic E-state index is 12.9. The van der Waals surface area contributed by atoms with Gasteiger partial charge in [-0.1, -0.05) is 29.7 Å². The van der Waals surface area contributed by atoms with Gasteiger partial charge in [-0.25, -0.2) is 4.39 Å². The van der Waals surface area contributed by atoms with Gasteiger partial charge < -0.3 is 0 Å². The van der Waals surface area contributed by atoms with Crippen molar-refractivity contribution in [3.05, 3.63) is 58.9 Å². The molecule has 0 saturated heterocycles. The van der Waals surface area contributed by atoms with Gasteiger partial charge in [0.05, 0.1) is 5.02 Å². The Bertz CT molecular complexity index is 550. The molecule has 0 unspecified atom stereocenters. The summed E-state index contributed by atoms with van der Waals surface area (Å²) in [5.41, 5.74) is 2.53. The summed E-state index contributed by atoms with van der Waals surface area (Å²) in [5.74, 6) is 2.20. The minimum Gasteiger partial charge on any atom is -0.207 e. The molecule has 2 aromatic rings. The van der Waals surface area contributed by atoms with Crippen LogP contribution in [0.25, 0.3) is 11.1 Å². The van der Waals surface area contributed by atoms with E-state index in [9.17, 15) is 4.39 Å². The Hall–Kier alpha value is -1.78. The average molecular weight is 231 g/mol. The summed E-state index contributed by atoms with van der Waals surface area (Å²) in [7, 11) is 0. The fourth-order valence-corrected chi connectivity index (χ4v) is 1.75. The number of hydrogen-bond acceptors (Lipinski definition) is 0. The van der Waals surface area contributed by atoms with Gasteiger partial charge in [-0.2, -0.15) is 0 Å². The van der Waals surface area contributed by atoms with Gasteiger partial charge in [0.25, 0.3) is 0 Å². The second kappa shape index (κ2) is 4.38. The zero-order valence-corrected chi connectivity index (χ0v) is 9.13. The third-order valence-corrected chi connectivity index (χ3v) is 2.61. The van der Waals surface area contributed by atoms with E-state index in [4.69, 9.17) is 18.0 Å². The Morgan fingerprint density at radius 3 is 2.31 bits per heavy atom. The highest BCUT2D eigenvalue weighted by Crippen LogP contribution is 2.28. The van der Waals surface area contributed by atoms with Crippen LogP contribution < -0.4 is 0 Å². The van der Waals surface area contributed by atoms with Crippen molar-refractivity contribution >= 4 is 11.6 Å². The van der Waals surface area contributed by atoms with Crippen LogP contribution in [0.15, 0.2) is 42.5 Å². The van der Waals surface area contributed by atoms with Gasteiger partial charge in [0.2, 0.25) is 0 Å². The van der Waals surface area contributed by atoms with Crippen LogP contribution in [-0.4, -0.2) is 0 Å². The Morgan fingerprint density at radius 1 is 1.06 bits per heavy atom. The van der Waals surface area contributed by atoms with Gasteiger partial charge >= 0.3 is 0 Å². The summed E-state index contributed by atoms with van der Waals surface area (Å²) in [6.07, 6.45) is 5.26. The summed E-state index contributed by atoms with van der Waals surface area (Å²) < 4.78 is 12.9. The highest BCUT2D eigenvalue weighted by molar-refractivity contribution is 6.33. The van der Waals surface area contributed by atoms with E-state index in [1.807, 2.05) is 24.3 Å². The Kier molecular flexibility index (Phi) is 2.94. The van der Waals surface area contributed by atoms with Crippen LogP contribution in [0.1, 0.15) is 5.56 Å². The molecule has 2 aromatic carbocycles. The van der Waals surface area contributed by atoms with Gasteiger partial charge in [0, 0.05) is 11.1 Å². The van der Waals surface area contributed by atoms with Crippen LogP contribution in [0.4, 0.5) is 4.39 Å². The van der Waals surface area contributed by atoms with Crippen molar-refractivity contribution in [1.82, 2.24) is 0 Å². The molecule has 0 radical (unpaired) electrons. The zero-order chi connectivity index (χ0) is 11.5. The number of halogens is 2. The van der Waals surface area contributed by atoms with Crippen molar-refractivity contribution < 1.29 is 4.39 Å². The van der Waals surface area contributed by atoms with Crippen molar-refractivity contribution in [2.24, 2.45) is 0 Å². The van der Waals surface area contributed by atoms with Gasteiger partial charge in [-0.3, -0.25) is 0 Å².